The number of rotatable bonds is 11. The molecule has 0 saturated carbocycles. The molecule has 6 heteroatoms. The molecule has 0 bridgehead atoms. The Labute approximate surface area is 668 Å². The lowest BCUT2D eigenvalue weighted by molar-refractivity contribution is 1.07. The average Bonchev–Trinajstić information content (AvgIpc) is 0.721. The average molecular weight is 1470 g/mol. The fourth-order valence-electron chi connectivity index (χ4n) is 18.2. The summed E-state index contributed by atoms with van der Waals surface area (Å²) in [5, 5.41) is 25.8. The van der Waals surface area contributed by atoms with Crippen molar-refractivity contribution in [2.45, 2.75) is 0 Å². The second kappa shape index (κ2) is 27.2. The normalized spacial score (nSPS) is 11.8. The molecule has 0 saturated heterocycles. The lowest BCUT2D eigenvalue weighted by Gasteiger charge is -2.18. The Morgan fingerprint density at radius 3 is 0.974 bits per heavy atom. The van der Waals surface area contributed by atoms with Crippen molar-refractivity contribution in [2.24, 2.45) is 0 Å². The van der Waals surface area contributed by atoms with Gasteiger partial charge in [0.2, 0.25) is 0 Å². The van der Waals surface area contributed by atoms with Crippen LogP contribution in [0.4, 0.5) is 0 Å². The third-order valence-electron chi connectivity index (χ3n) is 23.6. The molecule has 6 nitrogen and oxygen atoms in total. The summed E-state index contributed by atoms with van der Waals surface area (Å²) in [4.78, 5) is 32.6. The van der Waals surface area contributed by atoms with Gasteiger partial charge in [-0.15, -0.1) is 0 Å². The van der Waals surface area contributed by atoms with Crippen molar-refractivity contribution < 1.29 is 0 Å². The fraction of sp³-hybridized carbons (Fsp3) is 0. The van der Waals surface area contributed by atoms with Crippen LogP contribution in [0.3, 0.4) is 0 Å². The van der Waals surface area contributed by atoms with Gasteiger partial charge in [0.1, 0.15) is 0 Å². The number of hydrogen-bond donors (Lipinski definition) is 0. The molecule has 0 aliphatic rings. The highest BCUT2D eigenvalue weighted by Gasteiger charge is 2.24. The minimum absolute atomic E-state index is 0.583. The Balaban J connectivity index is 0.667. The van der Waals surface area contributed by atoms with E-state index in [1.807, 2.05) is 18.2 Å². The molecule has 0 amide bonds. The van der Waals surface area contributed by atoms with Gasteiger partial charge in [-0.1, -0.05) is 334 Å². The van der Waals surface area contributed by atoms with Gasteiger partial charge in [0.15, 0.2) is 34.9 Å². The molecule has 23 rings (SSSR count). The zero-order chi connectivity index (χ0) is 76.3. The van der Waals surface area contributed by atoms with Crippen LogP contribution in [-0.2, 0) is 0 Å². The van der Waals surface area contributed by atoms with E-state index in [1.54, 1.807) is 0 Å². The van der Waals surface area contributed by atoms with Crippen LogP contribution < -0.4 is 0 Å². The van der Waals surface area contributed by atoms with Crippen LogP contribution in [0.5, 0.6) is 0 Å². The van der Waals surface area contributed by atoms with E-state index in [-0.39, 0.29) is 0 Å². The van der Waals surface area contributed by atoms with Gasteiger partial charge in [-0.25, -0.2) is 29.9 Å². The third kappa shape index (κ3) is 11.3. The van der Waals surface area contributed by atoms with Crippen LogP contribution in [-0.4, -0.2) is 29.9 Å². The van der Waals surface area contributed by atoms with E-state index in [0.29, 0.717) is 34.9 Å². The monoisotopic (exact) mass is 1470 g/mol. The summed E-state index contributed by atoms with van der Waals surface area (Å²) in [6, 6.07) is 145. The number of nitrogens with zero attached hydrogens (tertiary/aromatic N) is 6. The highest BCUT2D eigenvalue weighted by atomic mass is 15.0. The highest BCUT2D eigenvalue weighted by Crippen LogP contribution is 2.49. The van der Waals surface area contributed by atoms with Crippen molar-refractivity contribution >= 4 is 118 Å². The topological polar surface area (TPSA) is 77.3 Å². The second-order valence-electron chi connectivity index (χ2n) is 30.3. The van der Waals surface area contributed by atoms with E-state index in [2.05, 4.69) is 382 Å². The first-order chi connectivity index (χ1) is 57.5. The minimum atomic E-state index is 0.583. The number of fused-ring (bicyclic) bond motifs is 19. The zero-order valence-corrected chi connectivity index (χ0v) is 62.8. The molecule has 21 aromatic carbocycles. The number of aromatic nitrogens is 6. The molecular weight excluding hydrogens is 1410 g/mol. The molecule has 536 valence electrons. The van der Waals surface area contributed by atoms with Crippen LogP contribution in [0.15, 0.2) is 400 Å². The van der Waals surface area contributed by atoms with E-state index in [1.165, 1.54) is 80.8 Å². The fourth-order valence-corrected chi connectivity index (χ4v) is 18.2. The van der Waals surface area contributed by atoms with Crippen LogP contribution in [0, 0.1) is 0 Å². The molecule has 0 aliphatic heterocycles. The maximum Gasteiger partial charge on any atom is 0.164 e. The lowest BCUT2D eigenvalue weighted by atomic mass is 9.85. The summed E-state index contributed by atoms with van der Waals surface area (Å²) in [5.41, 5.74) is 16.4. The summed E-state index contributed by atoms with van der Waals surface area (Å²) in [6.45, 7) is 0. The van der Waals surface area contributed by atoms with E-state index in [0.717, 1.165) is 127 Å². The molecule has 0 spiro atoms. The first-order valence-corrected chi connectivity index (χ1v) is 39.5. The van der Waals surface area contributed by atoms with Gasteiger partial charge >= 0.3 is 0 Å². The molecule has 0 atom stereocenters. The largest absolute Gasteiger partial charge is 0.208 e. The predicted molar refractivity (Wildman–Crippen MR) is 486 cm³/mol. The summed E-state index contributed by atoms with van der Waals surface area (Å²) >= 11 is 0. The van der Waals surface area contributed by atoms with Gasteiger partial charge in [0.25, 0.3) is 0 Å². The highest BCUT2D eigenvalue weighted by molar-refractivity contribution is 6.35. The minimum Gasteiger partial charge on any atom is -0.208 e. The first kappa shape index (κ1) is 66.3. The smallest absolute Gasteiger partial charge is 0.164 e. The second-order valence-corrected chi connectivity index (χ2v) is 30.3. The van der Waals surface area contributed by atoms with E-state index in [4.69, 9.17) is 29.9 Å². The van der Waals surface area contributed by atoms with Crippen LogP contribution in [0.1, 0.15) is 0 Å². The quantitative estimate of drug-likeness (QED) is 0.120. The summed E-state index contributed by atoms with van der Waals surface area (Å²) < 4.78 is 0. The standard InChI is InChI=1S/C110H66N6/c1-4-26-67(27-5-1)77-58-79(62-81(60-77)107-112-105(71-32-8-3-9-33-71)111-106(113-107)76-51-50-69-30-10-11-34-72(69)57-76)99-66-102-89-42-17-15-40-87(89)100-64-74(53-55-95(100)104(102)94-47-23-20-44-91(94)99)73-52-54-84-75(56-73)36-25-49-97(84)110-115-108(114-109(116-110)96-48-24-35-70-31-12-13-37-83(70)96)82-61-78(68-28-6-2-7-29-68)59-80(63-82)98-65-101-88-41-16-14-38-85(88)86-39-18-21-45-92(86)103(101)93-46-22-19-43-90(93)98/h1-66H. The van der Waals surface area contributed by atoms with Crippen molar-refractivity contribution in [3.8, 4) is 124 Å². The van der Waals surface area contributed by atoms with Crippen molar-refractivity contribution in [3.63, 3.8) is 0 Å². The summed E-state index contributed by atoms with van der Waals surface area (Å²) in [5.74, 6) is 3.60. The third-order valence-corrected chi connectivity index (χ3v) is 23.6. The zero-order valence-electron chi connectivity index (χ0n) is 62.8. The molecule has 23 aromatic rings. The molecule has 116 heavy (non-hydrogen) atoms. The first-order valence-electron chi connectivity index (χ1n) is 39.5. The van der Waals surface area contributed by atoms with Gasteiger partial charge in [-0.05, 0) is 241 Å². The molecular formula is C110H66N6. The summed E-state index contributed by atoms with van der Waals surface area (Å²) in [6.07, 6.45) is 0. The van der Waals surface area contributed by atoms with Gasteiger partial charge < -0.3 is 0 Å². The van der Waals surface area contributed by atoms with Gasteiger partial charge in [-0.3, -0.25) is 0 Å². The van der Waals surface area contributed by atoms with E-state index >= 15 is 0 Å². The molecule has 0 aliphatic carbocycles. The predicted octanol–water partition coefficient (Wildman–Crippen LogP) is 29.1. The van der Waals surface area contributed by atoms with Crippen LogP contribution in [0.25, 0.3) is 242 Å². The molecule has 0 radical (unpaired) electrons. The molecule has 0 fully saturated rings. The van der Waals surface area contributed by atoms with Crippen molar-refractivity contribution in [1.82, 2.24) is 29.9 Å². The molecule has 0 N–H and O–H groups in total. The van der Waals surface area contributed by atoms with Crippen LogP contribution >= 0.6 is 0 Å². The van der Waals surface area contributed by atoms with Crippen molar-refractivity contribution in [2.75, 3.05) is 0 Å². The molecule has 0 unspecified atom stereocenters. The maximum absolute atomic E-state index is 5.63. The molecule has 2 heterocycles. The SMILES string of the molecule is c1ccc(-c2cc(-c3nc(-c4ccccc4)nc(-c4ccc5ccccc5c4)n3)cc(-c3cc4c5ccccc5c5cc(-c6ccc7c(-c8nc(-c9cc(-c%10ccccc%10)cc(-c%10cc%11c%12ccccc%12c%12ccccc%12c%11c%11ccccc%10%11)c9)nc(-c9cccc%10ccccc9%10)n8)cccc7c6)ccc5c4c4ccccc34)c2)cc1. The summed E-state index contributed by atoms with van der Waals surface area (Å²) in [7, 11) is 0. The Morgan fingerprint density at radius 1 is 0.112 bits per heavy atom. The van der Waals surface area contributed by atoms with Gasteiger partial charge in [-0.2, -0.15) is 0 Å². The Morgan fingerprint density at radius 2 is 0.431 bits per heavy atom. The van der Waals surface area contributed by atoms with Crippen molar-refractivity contribution in [3.05, 3.63) is 400 Å². The Kier molecular flexibility index (Phi) is 15.5. The van der Waals surface area contributed by atoms with Gasteiger partial charge in [0, 0.05) is 33.4 Å². The molecule has 2 aromatic heterocycles. The Hall–Kier alpha value is -15.5. The number of hydrogen-bond acceptors (Lipinski definition) is 6. The maximum atomic E-state index is 5.63. The van der Waals surface area contributed by atoms with Crippen molar-refractivity contribution in [1.29, 1.82) is 0 Å². The Bertz CT molecular complexity index is 8010. The van der Waals surface area contributed by atoms with E-state index in [9.17, 15) is 0 Å². The lowest BCUT2D eigenvalue weighted by Crippen LogP contribution is -2.01. The van der Waals surface area contributed by atoms with E-state index < -0.39 is 0 Å². The van der Waals surface area contributed by atoms with Gasteiger partial charge in [0.05, 0.1) is 0 Å². The van der Waals surface area contributed by atoms with Crippen LogP contribution in [0.2, 0.25) is 0 Å². The number of benzene rings is 21.